The van der Waals surface area contributed by atoms with Crippen LogP contribution in [-0.4, -0.2) is 30.5 Å². The average Bonchev–Trinajstić information content (AvgIpc) is 3.44. The highest BCUT2D eigenvalue weighted by Gasteiger charge is 2.48. The predicted molar refractivity (Wildman–Crippen MR) is 119 cm³/mol. The monoisotopic (exact) mass is 433 g/mol. The summed E-state index contributed by atoms with van der Waals surface area (Å²) in [7, 11) is 1.52. The number of hydrogen-bond donors (Lipinski definition) is 1. The molecule has 32 heavy (non-hydrogen) atoms. The van der Waals surface area contributed by atoms with E-state index in [0.717, 1.165) is 6.42 Å². The van der Waals surface area contributed by atoms with Gasteiger partial charge in [-0.2, -0.15) is 0 Å². The van der Waals surface area contributed by atoms with E-state index in [-0.39, 0.29) is 11.3 Å². The molecule has 4 rings (SSSR count). The average molecular weight is 433 g/mol. The van der Waals surface area contributed by atoms with E-state index in [2.05, 4.69) is 0 Å². The number of Topliss-reactive ketones (excluding diaryl/α,β-unsaturated/α-hetero) is 1. The largest absolute Gasteiger partial charge is 0.507 e. The number of aliphatic hydroxyl groups is 1. The smallest absolute Gasteiger partial charge is 0.300 e. The molecule has 0 radical (unpaired) electrons. The molecule has 1 aliphatic heterocycles. The van der Waals surface area contributed by atoms with E-state index in [0.29, 0.717) is 35.1 Å². The summed E-state index contributed by atoms with van der Waals surface area (Å²) in [6, 6.07) is 16.0. The van der Waals surface area contributed by atoms with Crippen LogP contribution in [0.4, 0.5) is 5.69 Å². The minimum Gasteiger partial charge on any atom is -0.507 e. The van der Waals surface area contributed by atoms with Crippen LogP contribution in [0.1, 0.15) is 30.7 Å². The number of amides is 1. The van der Waals surface area contributed by atoms with Crippen molar-refractivity contribution >= 4 is 23.1 Å². The van der Waals surface area contributed by atoms with Gasteiger partial charge in [-0.15, -0.1) is 0 Å². The molecule has 7 nitrogen and oxygen atoms in total. The summed E-state index contributed by atoms with van der Waals surface area (Å²) in [5.74, 6) is -0.411. The molecular formula is C25H23NO6. The number of methoxy groups -OCH3 is 1. The lowest BCUT2D eigenvalue weighted by Crippen LogP contribution is -2.29. The van der Waals surface area contributed by atoms with Crippen LogP contribution < -0.4 is 14.4 Å². The molecule has 1 unspecified atom stereocenters. The maximum absolute atomic E-state index is 13.1. The molecule has 164 valence electrons. The van der Waals surface area contributed by atoms with Crippen LogP contribution in [0.2, 0.25) is 0 Å². The molecule has 0 saturated carbocycles. The van der Waals surface area contributed by atoms with Gasteiger partial charge in [0.2, 0.25) is 0 Å². The van der Waals surface area contributed by atoms with Gasteiger partial charge >= 0.3 is 0 Å². The van der Waals surface area contributed by atoms with Crippen LogP contribution >= 0.6 is 0 Å². The number of aliphatic hydroxyl groups excluding tert-OH is 1. The maximum Gasteiger partial charge on any atom is 0.300 e. The van der Waals surface area contributed by atoms with Gasteiger partial charge in [-0.25, -0.2) is 0 Å². The third-order valence-electron chi connectivity index (χ3n) is 5.17. The third kappa shape index (κ3) is 3.85. The molecule has 1 amide bonds. The number of ketones is 1. The second-order valence-electron chi connectivity index (χ2n) is 7.26. The van der Waals surface area contributed by atoms with Crippen LogP contribution in [0.5, 0.6) is 11.5 Å². The van der Waals surface area contributed by atoms with Gasteiger partial charge in [0.1, 0.15) is 29.1 Å². The molecular weight excluding hydrogens is 410 g/mol. The number of anilines is 1. The van der Waals surface area contributed by atoms with Crippen molar-refractivity contribution in [1.29, 1.82) is 0 Å². The second-order valence-corrected chi connectivity index (χ2v) is 7.26. The predicted octanol–water partition coefficient (Wildman–Crippen LogP) is 4.70. The lowest BCUT2D eigenvalue weighted by molar-refractivity contribution is -0.132. The first-order valence-electron chi connectivity index (χ1n) is 10.3. The highest BCUT2D eigenvalue weighted by molar-refractivity contribution is 6.51. The third-order valence-corrected chi connectivity index (χ3v) is 5.17. The number of furan rings is 1. The Balaban J connectivity index is 1.85. The van der Waals surface area contributed by atoms with Crippen molar-refractivity contribution in [3.63, 3.8) is 0 Å². The maximum atomic E-state index is 13.1. The van der Waals surface area contributed by atoms with Crippen molar-refractivity contribution in [2.75, 3.05) is 18.6 Å². The topological polar surface area (TPSA) is 89.2 Å². The zero-order valence-corrected chi connectivity index (χ0v) is 17.8. The lowest BCUT2D eigenvalue weighted by Gasteiger charge is -2.23. The van der Waals surface area contributed by atoms with Crippen molar-refractivity contribution in [1.82, 2.24) is 0 Å². The quantitative estimate of drug-likeness (QED) is 0.330. The number of rotatable bonds is 7. The minimum atomic E-state index is -0.933. The minimum absolute atomic E-state index is 0.0552. The molecule has 1 fully saturated rings. The zero-order chi connectivity index (χ0) is 22.7. The molecule has 1 atom stereocenters. The van der Waals surface area contributed by atoms with Crippen molar-refractivity contribution in [2.45, 2.75) is 19.4 Å². The Morgan fingerprint density at radius 1 is 1.06 bits per heavy atom. The van der Waals surface area contributed by atoms with Gasteiger partial charge in [-0.05, 0) is 42.8 Å². The summed E-state index contributed by atoms with van der Waals surface area (Å²) >= 11 is 0. The normalized spacial score (nSPS) is 17.6. The van der Waals surface area contributed by atoms with Gasteiger partial charge < -0.3 is 19.0 Å². The fourth-order valence-electron chi connectivity index (χ4n) is 3.68. The summed E-state index contributed by atoms with van der Waals surface area (Å²) in [5, 5.41) is 11.2. The van der Waals surface area contributed by atoms with Gasteiger partial charge in [-0.1, -0.05) is 25.1 Å². The van der Waals surface area contributed by atoms with Crippen LogP contribution in [0.3, 0.4) is 0 Å². The molecule has 7 heteroatoms. The van der Waals surface area contributed by atoms with E-state index in [9.17, 15) is 14.7 Å². The van der Waals surface area contributed by atoms with Gasteiger partial charge in [0, 0.05) is 17.3 Å². The Morgan fingerprint density at radius 3 is 2.56 bits per heavy atom. The van der Waals surface area contributed by atoms with E-state index in [1.165, 1.54) is 18.3 Å². The molecule has 1 aliphatic rings. The SMILES string of the molecule is CCCOc1cccc(/C(O)=C2/C(=O)C(=O)N(c3cccc(OC)c3)C2c2ccco2)c1. The molecule has 0 aliphatic carbocycles. The summed E-state index contributed by atoms with van der Waals surface area (Å²) in [5.41, 5.74) is 0.770. The van der Waals surface area contributed by atoms with Crippen LogP contribution in [0.15, 0.2) is 76.9 Å². The first kappa shape index (κ1) is 21.2. The van der Waals surface area contributed by atoms with E-state index < -0.39 is 17.7 Å². The Labute approximate surface area is 185 Å². The van der Waals surface area contributed by atoms with Crippen molar-refractivity contribution in [3.8, 4) is 11.5 Å². The molecule has 2 aromatic carbocycles. The molecule has 0 bridgehead atoms. The summed E-state index contributed by atoms with van der Waals surface area (Å²) in [6.45, 7) is 2.52. The highest BCUT2D eigenvalue weighted by Crippen LogP contribution is 2.43. The number of hydrogen-bond acceptors (Lipinski definition) is 6. The number of carbonyl (C=O) groups excluding carboxylic acids is 2. The Morgan fingerprint density at radius 2 is 1.84 bits per heavy atom. The van der Waals surface area contributed by atoms with E-state index in [1.54, 1.807) is 60.7 Å². The van der Waals surface area contributed by atoms with E-state index >= 15 is 0 Å². The lowest BCUT2D eigenvalue weighted by atomic mass is 9.99. The Kier molecular flexibility index (Phi) is 5.98. The highest BCUT2D eigenvalue weighted by atomic mass is 16.5. The fraction of sp³-hybridized carbons (Fsp3) is 0.200. The van der Waals surface area contributed by atoms with Crippen molar-refractivity contribution in [3.05, 3.63) is 83.8 Å². The standard InChI is InChI=1S/C25H23NO6/c1-3-12-31-19-10-4-7-16(14-19)23(27)21-22(20-11-6-13-32-20)26(25(29)24(21)28)17-8-5-9-18(15-17)30-2/h4-11,13-15,22,27H,3,12H2,1-2H3/b23-21-. The molecule has 1 saturated heterocycles. The summed E-state index contributed by atoms with van der Waals surface area (Å²) < 4.78 is 16.5. The van der Waals surface area contributed by atoms with Gasteiger partial charge in [0.25, 0.3) is 11.7 Å². The van der Waals surface area contributed by atoms with E-state index in [1.807, 2.05) is 6.92 Å². The summed E-state index contributed by atoms with van der Waals surface area (Å²) in [6.07, 6.45) is 2.29. The molecule has 1 N–H and O–H groups in total. The van der Waals surface area contributed by atoms with Gasteiger partial charge in [-0.3, -0.25) is 14.5 Å². The second kappa shape index (κ2) is 9.01. The number of benzene rings is 2. The number of carbonyl (C=O) groups is 2. The molecule has 3 aromatic rings. The van der Waals surface area contributed by atoms with E-state index in [4.69, 9.17) is 13.9 Å². The fourth-order valence-corrected chi connectivity index (χ4v) is 3.68. The number of nitrogens with zero attached hydrogens (tertiary/aromatic N) is 1. The molecule has 2 heterocycles. The van der Waals surface area contributed by atoms with Crippen LogP contribution in [0, 0.1) is 0 Å². The summed E-state index contributed by atoms with van der Waals surface area (Å²) in [4.78, 5) is 27.5. The molecule has 1 aromatic heterocycles. The van der Waals surface area contributed by atoms with Crippen molar-refractivity contribution < 1.29 is 28.6 Å². The Hall–Kier alpha value is -4.00. The zero-order valence-electron chi connectivity index (χ0n) is 17.8. The van der Waals surface area contributed by atoms with Crippen molar-refractivity contribution in [2.24, 2.45) is 0 Å². The van der Waals surface area contributed by atoms with Gasteiger partial charge in [0.05, 0.1) is 25.6 Å². The first-order valence-corrected chi connectivity index (χ1v) is 10.3. The first-order chi connectivity index (χ1) is 15.5. The molecule has 0 spiro atoms. The number of ether oxygens (including phenoxy) is 2. The van der Waals surface area contributed by atoms with Crippen LogP contribution in [0.25, 0.3) is 5.76 Å². The Bertz CT molecular complexity index is 1160. The van der Waals surface area contributed by atoms with Crippen LogP contribution in [-0.2, 0) is 9.59 Å². The van der Waals surface area contributed by atoms with Gasteiger partial charge in [0.15, 0.2) is 0 Å².